The molecular weight excluding hydrogens is 530 g/mol. The van der Waals surface area contributed by atoms with Gasteiger partial charge in [0.1, 0.15) is 0 Å². The van der Waals surface area contributed by atoms with Crippen LogP contribution in [0, 0.1) is 5.92 Å². The number of rotatable bonds is 9. The van der Waals surface area contributed by atoms with Crippen molar-refractivity contribution >= 4 is 36.0 Å². The minimum atomic E-state index is -0.253. The van der Waals surface area contributed by atoms with Gasteiger partial charge in [-0.25, -0.2) is 0 Å². The summed E-state index contributed by atoms with van der Waals surface area (Å²) in [5.41, 5.74) is 5.50. The van der Waals surface area contributed by atoms with E-state index in [4.69, 9.17) is 0 Å². The molecule has 2 aliphatic carbocycles. The lowest BCUT2D eigenvalue weighted by atomic mass is 9.74. The van der Waals surface area contributed by atoms with Crippen molar-refractivity contribution in [1.82, 2.24) is 9.80 Å². The first-order chi connectivity index (χ1) is 19.6. The Morgan fingerprint density at radius 2 is 1.76 bits per heavy atom. The van der Waals surface area contributed by atoms with Crippen LogP contribution in [-0.4, -0.2) is 60.9 Å². The molecule has 0 saturated carbocycles. The van der Waals surface area contributed by atoms with Gasteiger partial charge in [0, 0.05) is 37.2 Å². The van der Waals surface area contributed by atoms with Crippen molar-refractivity contribution in [3.8, 4) is 0 Å². The van der Waals surface area contributed by atoms with E-state index >= 15 is 0 Å². The van der Waals surface area contributed by atoms with Crippen molar-refractivity contribution in [3.05, 3.63) is 83.4 Å². The molecule has 4 aliphatic rings. The van der Waals surface area contributed by atoms with Crippen molar-refractivity contribution < 1.29 is 9.59 Å². The Hall–Kier alpha value is -2.89. The molecule has 2 heterocycles. The zero-order valence-electron chi connectivity index (χ0n) is 24.2. The first kappa shape index (κ1) is 29.6. The molecule has 6 heteroatoms. The molecule has 2 aromatic carbocycles. The van der Waals surface area contributed by atoms with E-state index in [1.165, 1.54) is 36.0 Å². The number of likely N-dealkylation sites (tertiary alicyclic amines) is 2. The zero-order valence-corrected chi connectivity index (χ0v) is 25.0. The second-order valence-electron chi connectivity index (χ2n) is 12.2. The Morgan fingerprint density at radius 3 is 2.54 bits per heavy atom. The number of nitrogens with zero attached hydrogens (tertiary/aromatic N) is 3. The summed E-state index contributed by atoms with van der Waals surface area (Å²) in [6.07, 6.45) is 16.5. The first-order valence-corrected chi connectivity index (χ1v) is 15.4. The van der Waals surface area contributed by atoms with E-state index in [9.17, 15) is 9.59 Å². The maximum atomic E-state index is 13.8. The minimum Gasteiger partial charge on any atom is -0.342 e. The Kier molecular flexibility index (Phi) is 9.67. The number of benzene rings is 2. The number of carbonyl (C=O) groups excluding carboxylic acids is 2. The van der Waals surface area contributed by atoms with Crippen LogP contribution in [0.2, 0.25) is 0 Å². The van der Waals surface area contributed by atoms with Crippen LogP contribution < -0.4 is 4.90 Å². The molecular formula is C35H44ClN3O2. The molecule has 1 spiro atoms. The number of para-hydroxylation sites is 1. The molecule has 5 nitrogen and oxygen atoms in total. The number of hydrogen-bond acceptors (Lipinski definition) is 3. The third-order valence-electron chi connectivity index (χ3n) is 9.67. The van der Waals surface area contributed by atoms with Crippen LogP contribution in [0.3, 0.4) is 0 Å². The van der Waals surface area contributed by atoms with Crippen LogP contribution in [0.1, 0.15) is 68.9 Å². The van der Waals surface area contributed by atoms with E-state index in [0.29, 0.717) is 19.5 Å². The quantitative estimate of drug-likeness (QED) is 0.316. The summed E-state index contributed by atoms with van der Waals surface area (Å²) in [6.45, 7) is 5.14. The Bertz CT molecular complexity index is 1270. The van der Waals surface area contributed by atoms with Crippen LogP contribution in [0.15, 0.2) is 72.3 Å². The van der Waals surface area contributed by atoms with Crippen molar-refractivity contribution in [2.75, 3.05) is 44.2 Å². The summed E-state index contributed by atoms with van der Waals surface area (Å²) >= 11 is 0. The number of allylic oxidation sites excluding steroid dienone is 2. The summed E-state index contributed by atoms with van der Waals surface area (Å²) in [6, 6.07) is 18.9. The second-order valence-corrected chi connectivity index (χ2v) is 12.2. The molecule has 2 fully saturated rings. The predicted molar refractivity (Wildman–Crippen MR) is 169 cm³/mol. The summed E-state index contributed by atoms with van der Waals surface area (Å²) in [5.74, 6) is -0.0195. The molecule has 0 bridgehead atoms. The molecule has 0 aromatic heterocycles. The standard InChI is InChI=1S/C35H43N3O2.ClH/c39-33-26-30(27-37(33)23-17-28-10-3-1-4-11-28)34(40)38(31-13-5-2-6-14-31)22-9-21-36-24-19-35(20-25-36)18-16-29-12-7-8-15-32(29)35;/h2,5-8,10,12-16,18,30H,1,3-4,9,11,17,19-27H2;1H. The van der Waals surface area contributed by atoms with Crippen molar-refractivity contribution in [3.63, 3.8) is 0 Å². The number of amides is 2. The SMILES string of the molecule is Cl.O=C1CC(C(=O)N(CCCN2CCC3(C=Cc4ccccc43)CC2)c2ccccc2)CN1CCC1=CCCCC1. The fourth-order valence-electron chi connectivity index (χ4n) is 7.26. The second kappa shape index (κ2) is 13.4. The Morgan fingerprint density at radius 1 is 0.976 bits per heavy atom. The van der Waals surface area contributed by atoms with Gasteiger partial charge in [-0.05, 0) is 94.3 Å². The van der Waals surface area contributed by atoms with Crippen molar-refractivity contribution in [2.24, 2.45) is 5.92 Å². The molecule has 218 valence electrons. The highest BCUT2D eigenvalue weighted by molar-refractivity contribution is 5.99. The number of anilines is 1. The normalized spacial score (nSPS) is 21.5. The zero-order chi connectivity index (χ0) is 27.4. The topological polar surface area (TPSA) is 43.9 Å². The highest BCUT2D eigenvalue weighted by atomic mass is 35.5. The van der Waals surface area contributed by atoms with Crippen LogP contribution >= 0.6 is 12.4 Å². The third-order valence-corrected chi connectivity index (χ3v) is 9.67. The molecule has 2 saturated heterocycles. The highest BCUT2D eigenvalue weighted by Gasteiger charge is 2.38. The number of halogens is 1. The lowest BCUT2D eigenvalue weighted by molar-refractivity contribution is -0.128. The van der Waals surface area contributed by atoms with Gasteiger partial charge in [-0.3, -0.25) is 9.59 Å². The van der Waals surface area contributed by atoms with Gasteiger partial charge >= 0.3 is 0 Å². The molecule has 2 amide bonds. The lowest BCUT2D eigenvalue weighted by Crippen LogP contribution is -2.43. The molecule has 6 rings (SSSR count). The number of carbonyl (C=O) groups is 2. The van der Waals surface area contributed by atoms with Crippen molar-refractivity contribution in [1.29, 1.82) is 0 Å². The third kappa shape index (κ3) is 6.62. The summed E-state index contributed by atoms with van der Waals surface area (Å²) in [4.78, 5) is 33.1. The van der Waals surface area contributed by atoms with E-state index in [1.807, 2.05) is 40.1 Å². The number of fused-ring (bicyclic) bond motifs is 2. The lowest BCUT2D eigenvalue weighted by Gasteiger charge is -2.39. The molecule has 1 atom stereocenters. The maximum Gasteiger partial charge on any atom is 0.232 e. The summed E-state index contributed by atoms with van der Waals surface area (Å²) < 4.78 is 0. The smallest absolute Gasteiger partial charge is 0.232 e. The molecule has 2 aliphatic heterocycles. The van der Waals surface area contributed by atoms with E-state index in [-0.39, 0.29) is 35.6 Å². The molecule has 2 aromatic rings. The molecule has 0 radical (unpaired) electrons. The largest absolute Gasteiger partial charge is 0.342 e. The monoisotopic (exact) mass is 573 g/mol. The number of piperidine rings is 1. The van der Waals surface area contributed by atoms with Gasteiger partial charge in [0.2, 0.25) is 11.8 Å². The average Bonchev–Trinajstić information content (AvgIpc) is 3.56. The van der Waals surface area contributed by atoms with E-state index < -0.39 is 0 Å². The van der Waals surface area contributed by atoms with Crippen molar-refractivity contribution in [2.45, 2.75) is 63.2 Å². The number of hydrogen-bond donors (Lipinski definition) is 0. The molecule has 1 unspecified atom stereocenters. The van der Waals surface area contributed by atoms with Gasteiger partial charge in [-0.15, -0.1) is 12.4 Å². The fourth-order valence-corrected chi connectivity index (χ4v) is 7.26. The fraction of sp³-hybridized carbons (Fsp3) is 0.486. The van der Waals surface area contributed by atoms with Crippen LogP contribution in [0.25, 0.3) is 6.08 Å². The van der Waals surface area contributed by atoms with Gasteiger partial charge in [-0.2, -0.15) is 0 Å². The first-order valence-electron chi connectivity index (χ1n) is 15.4. The maximum absolute atomic E-state index is 13.8. The van der Waals surface area contributed by atoms with Gasteiger partial charge < -0.3 is 14.7 Å². The van der Waals surface area contributed by atoms with Gasteiger partial charge in [0.25, 0.3) is 0 Å². The molecule has 0 N–H and O–H groups in total. The van der Waals surface area contributed by atoms with E-state index in [1.54, 1.807) is 0 Å². The van der Waals surface area contributed by atoms with Crippen LogP contribution in [0.4, 0.5) is 5.69 Å². The van der Waals surface area contributed by atoms with E-state index in [0.717, 1.165) is 64.0 Å². The summed E-state index contributed by atoms with van der Waals surface area (Å²) in [5, 5.41) is 0. The van der Waals surface area contributed by atoms with Gasteiger partial charge in [-0.1, -0.05) is 66.3 Å². The van der Waals surface area contributed by atoms with Gasteiger partial charge in [0.15, 0.2) is 0 Å². The molecule has 41 heavy (non-hydrogen) atoms. The summed E-state index contributed by atoms with van der Waals surface area (Å²) in [7, 11) is 0. The highest BCUT2D eigenvalue weighted by Crippen LogP contribution is 2.43. The van der Waals surface area contributed by atoms with Gasteiger partial charge in [0.05, 0.1) is 5.92 Å². The average molecular weight is 574 g/mol. The minimum absolute atomic E-state index is 0. The van der Waals surface area contributed by atoms with Crippen LogP contribution in [0.5, 0.6) is 0 Å². The predicted octanol–water partition coefficient (Wildman–Crippen LogP) is 6.63. The Balaban J connectivity index is 0.00000337. The Labute approximate surface area is 251 Å². The van der Waals surface area contributed by atoms with Crippen LogP contribution in [-0.2, 0) is 15.0 Å². The van der Waals surface area contributed by atoms with E-state index in [2.05, 4.69) is 47.4 Å².